The number of rotatable bonds is 8. The van der Waals surface area contributed by atoms with Crippen molar-refractivity contribution in [3.8, 4) is 6.07 Å². The topological polar surface area (TPSA) is 121 Å². The van der Waals surface area contributed by atoms with Gasteiger partial charge in [-0.3, -0.25) is 0 Å². The number of hydrogen-bond donors (Lipinski definition) is 3. The van der Waals surface area contributed by atoms with Gasteiger partial charge < -0.3 is 10.8 Å². The van der Waals surface area contributed by atoms with E-state index in [1.54, 1.807) is 18.2 Å². The summed E-state index contributed by atoms with van der Waals surface area (Å²) in [6.45, 7) is 5.88. The molecule has 3 atom stereocenters. The van der Waals surface area contributed by atoms with Crippen LogP contribution in [0, 0.1) is 29.1 Å². The number of sulfonamides is 1. The van der Waals surface area contributed by atoms with Gasteiger partial charge in [0.2, 0.25) is 10.0 Å². The van der Waals surface area contributed by atoms with E-state index in [4.69, 9.17) is 5.73 Å². The monoisotopic (exact) mass is 447 g/mol. The van der Waals surface area contributed by atoms with Gasteiger partial charge in [-0.25, -0.2) is 13.4 Å². The quantitative estimate of drug-likeness (QED) is 0.317. The maximum absolute atomic E-state index is 13.1. The van der Waals surface area contributed by atoms with Gasteiger partial charge in [0.05, 0.1) is 10.5 Å². The summed E-state index contributed by atoms with van der Waals surface area (Å²) in [6, 6.07) is 8.38. The van der Waals surface area contributed by atoms with Crippen molar-refractivity contribution >= 4 is 15.9 Å². The Labute approximate surface area is 186 Å². The van der Waals surface area contributed by atoms with E-state index in [2.05, 4.69) is 18.8 Å². The Morgan fingerprint density at radius 1 is 1.35 bits per heavy atom. The summed E-state index contributed by atoms with van der Waals surface area (Å²) in [7, 11) is -3.66. The third-order valence-corrected chi connectivity index (χ3v) is 8.78. The Hall–Kier alpha value is -1.95. The highest BCUT2D eigenvalue weighted by Crippen LogP contribution is 2.45. The Bertz CT molecular complexity index is 954. The molecule has 2 aliphatic rings. The van der Waals surface area contributed by atoms with E-state index in [-0.39, 0.29) is 16.4 Å². The summed E-state index contributed by atoms with van der Waals surface area (Å²) < 4.78 is 27.6. The van der Waals surface area contributed by atoms with Crippen molar-refractivity contribution in [3.63, 3.8) is 0 Å². The molecule has 3 rings (SSSR count). The summed E-state index contributed by atoms with van der Waals surface area (Å²) in [6.07, 6.45) is 5.31. The van der Waals surface area contributed by atoms with Gasteiger partial charge in [0, 0.05) is 19.5 Å². The predicted octanol–water partition coefficient (Wildman–Crippen LogP) is 1.54. The summed E-state index contributed by atoms with van der Waals surface area (Å²) in [5, 5.41) is 19.6. The summed E-state index contributed by atoms with van der Waals surface area (Å²) >= 11 is 0. The van der Waals surface area contributed by atoms with Crippen molar-refractivity contribution in [2.45, 2.75) is 62.8 Å². The molecule has 7 nitrogen and oxygen atoms in total. The molecule has 170 valence electrons. The zero-order valence-corrected chi connectivity index (χ0v) is 19.4. The summed E-state index contributed by atoms with van der Waals surface area (Å²) in [5.41, 5.74) is 5.89. The predicted molar refractivity (Wildman–Crippen MR) is 120 cm³/mol. The first-order chi connectivity index (χ1) is 14.7. The minimum absolute atomic E-state index is 0.0988. The van der Waals surface area contributed by atoms with Crippen molar-refractivity contribution in [3.05, 3.63) is 29.8 Å². The van der Waals surface area contributed by atoms with Gasteiger partial charge in [-0.05, 0) is 62.0 Å². The number of aliphatic hydroxyl groups excluding tert-OH is 1. The number of nitriles is 1. The highest BCUT2D eigenvalue weighted by molar-refractivity contribution is 7.89. The van der Waals surface area contributed by atoms with Gasteiger partial charge in [-0.1, -0.05) is 26.0 Å². The third kappa shape index (κ3) is 5.28. The van der Waals surface area contributed by atoms with E-state index in [0.29, 0.717) is 37.4 Å². The first-order valence-corrected chi connectivity index (χ1v) is 12.7. The molecule has 2 unspecified atom stereocenters. The van der Waals surface area contributed by atoms with E-state index in [1.165, 1.54) is 10.4 Å². The van der Waals surface area contributed by atoms with Crippen molar-refractivity contribution in [1.82, 2.24) is 4.31 Å². The van der Waals surface area contributed by atoms with Gasteiger partial charge in [-0.2, -0.15) is 9.57 Å². The van der Waals surface area contributed by atoms with Crippen molar-refractivity contribution in [1.29, 1.82) is 5.26 Å². The molecule has 1 saturated carbocycles. The van der Waals surface area contributed by atoms with Crippen molar-refractivity contribution in [2.24, 2.45) is 23.5 Å². The Morgan fingerprint density at radius 2 is 2.10 bits per heavy atom. The minimum Gasteiger partial charge on any atom is -0.462 e. The van der Waals surface area contributed by atoms with Crippen LogP contribution in [0.25, 0.3) is 0 Å². The molecule has 1 aromatic carbocycles. The second kappa shape index (κ2) is 9.68. The number of benzene rings is 1. The molecule has 0 spiro atoms. The average Bonchev–Trinajstić information content (AvgIpc) is 3.50. The average molecular weight is 448 g/mol. The lowest BCUT2D eigenvalue weighted by Gasteiger charge is -2.20. The molecular formula is C23H35N4O3S+. The lowest BCUT2D eigenvalue weighted by Crippen LogP contribution is -2.77. The second-order valence-corrected chi connectivity index (χ2v) is 11.2. The highest BCUT2D eigenvalue weighted by atomic mass is 32.2. The van der Waals surface area contributed by atoms with Gasteiger partial charge in [0.1, 0.15) is 18.2 Å². The minimum atomic E-state index is -3.66. The molecule has 0 amide bonds. The lowest BCUT2D eigenvalue weighted by molar-refractivity contribution is -0.470. The summed E-state index contributed by atoms with van der Waals surface area (Å²) in [5.74, 6) is 1.45. The summed E-state index contributed by atoms with van der Waals surface area (Å²) in [4.78, 5) is 3.20. The van der Waals surface area contributed by atoms with Gasteiger partial charge in [0.15, 0.2) is 0 Å². The zero-order valence-electron chi connectivity index (χ0n) is 18.5. The van der Waals surface area contributed by atoms with Crippen LogP contribution in [0.1, 0.15) is 57.9 Å². The molecule has 8 heteroatoms. The van der Waals surface area contributed by atoms with E-state index in [9.17, 15) is 18.8 Å². The van der Waals surface area contributed by atoms with Gasteiger partial charge in [-0.15, -0.1) is 0 Å². The van der Waals surface area contributed by atoms with E-state index < -0.39 is 15.6 Å². The maximum atomic E-state index is 13.1. The first-order valence-electron chi connectivity index (χ1n) is 11.3. The number of nitrogens with one attached hydrogen (secondary N) is 1. The highest BCUT2D eigenvalue weighted by Gasteiger charge is 2.60. The van der Waals surface area contributed by atoms with E-state index >= 15 is 0 Å². The molecule has 31 heavy (non-hydrogen) atoms. The Balaban J connectivity index is 1.51. The van der Waals surface area contributed by atoms with Gasteiger partial charge in [0.25, 0.3) is 0 Å². The molecule has 2 fully saturated rings. The van der Waals surface area contributed by atoms with Crippen LogP contribution in [0.2, 0.25) is 0 Å². The molecule has 0 radical (unpaired) electrons. The standard InChI is InChI=1S/C23H34N4O3S/c1-17(2)20-15-23(20,25)22(28)26-12-5-7-18-8-6-13-27(14-11-18)31(29,30)21-10-4-3-9-19(21)16-24/h3-4,9-10,17-18,20H,5-8,11-15,25H2,1-2H3,(H,26,28)/p+1/t18?,20?,23-/m1/s1. The fourth-order valence-corrected chi connectivity index (χ4v) is 6.40. The number of aliphatic hydroxyl groups is 1. The van der Waals surface area contributed by atoms with Crippen LogP contribution in [0.5, 0.6) is 0 Å². The van der Waals surface area contributed by atoms with Crippen LogP contribution in [0.15, 0.2) is 29.2 Å². The Kier molecular flexibility index (Phi) is 7.40. The molecule has 1 aromatic rings. The van der Waals surface area contributed by atoms with Crippen LogP contribution in [-0.2, 0) is 10.0 Å². The van der Waals surface area contributed by atoms with Crippen LogP contribution < -0.4 is 10.7 Å². The number of hydrogen-bond acceptors (Lipinski definition) is 4. The Morgan fingerprint density at radius 3 is 2.77 bits per heavy atom. The first kappa shape index (κ1) is 23.7. The third-order valence-electron chi connectivity index (χ3n) is 6.82. The number of nitrogens with zero attached hydrogens (tertiary/aromatic N) is 2. The van der Waals surface area contributed by atoms with Crippen LogP contribution in [0.4, 0.5) is 0 Å². The van der Waals surface area contributed by atoms with Crippen molar-refractivity contribution < 1.29 is 18.5 Å². The molecule has 1 heterocycles. The molecule has 0 bridgehead atoms. The smallest absolute Gasteiger partial charge is 0.353 e. The fourth-order valence-electron chi connectivity index (χ4n) is 4.76. The molecule has 1 aliphatic heterocycles. The molecule has 4 N–H and O–H groups in total. The molecule has 1 aliphatic carbocycles. The largest absolute Gasteiger partial charge is 0.462 e. The van der Waals surface area contributed by atoms with Gasteiger partial charge >= 0.3 is 5.90 Å². The molecule has 0 aromatic heterocycles. The lowest BCUT2D eigenvalue weighted by atomic mass is 9.95. The van der Waals surface area contributed by atoms with Crippen molar-refractivity contribution in [2.75, 3.05) is 19.6 Å². The van der Waals surface area contributed by atoms with E-state index in [1.807, 2.05) is 6.07 Å². The molecule has 1 saturated heterocycles. The van der Waals surface area contributed by atoms with Crippen LogP contribution >= 0.6 is 0 Å². The van der Waals surface area contributed by atoms with E-state index in [0.717, 1.165) is 38.5 Å². The maximum Gasteiger partial charge on any atom is 0.353 e. The molecular weight excluding hydrogens is 412 g/mol. The SMILES string of the molecule is CC(C)C1C[C@]1(N)C(O)=[NH+]CCCC1CCCN(S(=O)(=O)c2ccccc2C#N)CC1. The normalized spacial score (nSPS) is 27.6. The zero-order chi connectivity index (χ0) is 22.6. The fraction of sp³-hybridized carbons (Fsp3) is 0.652. The second-order valence-electron chi connectivity index (χ2n) is 9.32. The van der Waals surface area contributed by atoms with Crippen LogP contribution in [0.3, 0.4) is 0 Å². The van der Waals surface area contributed by atoms with Crippen LogP contribution in [-0.4, -0.2) is 48.9 Å². The number of nitrogens with two attached hydrogens (primary N) is 1.